The van der Waals surface area contributed by atoms with Gasteiger partial charge in [0.1, 0.15) is 6.04 Å². The molecule has 3 N–H and O–H groups in total. The molecular weight excluding hydrogens is 252 g/mol. The SMILES string of the molecule is NC1C(=O)Nc2cc(N3CCN4CCCC4C3)ccc21. The highest BCUT2D eigenvalue weighted by Gasteiger charge is 2.32. The van der Waals surface area contributed by atoms with E-state index >= 15 is 0 Å². The molecule has 3 aliphatic heterocycles. The van der Waals surface area contributed by atoms with Crippen LogP contribution in [0.1, 0.15) is 24.4 Å². The first-order valence-corrected chi connectivity index (χ1v) is 7.42. The molecule has 2 atom stereocenters. The van der Waals surface area contributed by atoms with Crippen molar-refractivity contribution in [3.63, 3.8) is 0 Å². The highest BCUT2D eigenvalue weighted by molar-refractivity contribution is 6.02. The van der Waals surface area contributed by atoms with Crippen molar-refractivity contribution in [2.75, 3.05) is 36.4 Å². The molecule has 0 aromatic heterocycles. The number of nitrogens with one attached hydrogen (secondary N) is 1. The molecule has 3 aliphatic rings. The van der Waals surface area contributed by atoms with Gasteiger partial charge >= 0.3 is 0 Å². The monoisotopic (exact) mass is 272 g/mol. The summed E-state index contributed by atoms with van der Waals surface area (Å²) in [5.74, 6) is -0.0993. The second-order valence-corrected chi connectivity index (χ2v) is 6.02. The van der Waals surface area contributed by atoms with Crippen molar-refractivity contribution in [1.82, 2.24) is 4.90 Å². The van der Waals surface area contributed by atoms with E-state index in [1.165, 1.54) is 25.1 Å². The van der Waals surface area contributed by atoms with Crippen molar-refractivity contribution < 1.29 is 4.79 Å². The van der Waals surface area contributed by atoms with Crippen molar-refractivity contribution >= 4 is 17.3 Å². The van der Waals surface area contributed by atoms with E-state index in [9.17, 15) is 4.79 Å². The van der Waals surface area contributed by atoms with E-state index in [4.69, 9.17) is 5.73 Å². The first kappa shape index (κ1) is 12.2. The Hall–Kier alpha value is -1.59. The lowest BCUT2D eigenvalue weighted by atomic mass is 10.1. The number of amides is 1. The molecule has 2 fully saturated rings. The summed E-state index contributed by atoms with van der Waals surface area (Å²) in [6.45, 7) is 4.56. The number of benzene rings is 1. The van der Waals surface area contributed by atoms with Crippen molar-refractivity contribution in [3.05, 3.63) is 23.8 Å². The van der Waals surface area contributed by atoms with Crippen molar-refractivity contribution in [2.24, 2.45) is 5.73 Å². The average molecular weight is 272 g/mol. The van der Waals surface area contributed by atoms with Gasteiger partial charge in [0.25, 0.3) is 0 Å². The summed E-state index contributed by atoms with van der Waals surface area (Å²) in [6.07, 6.45) is 2.64. The minimum Gasteiger partial charge on any atom is -0.369 e. The van der Waals surface area contributed by atoms with Gasteiger partial charge in [-0.3, -0.25) is 9.69 Å². The van der Waals surface area contributed by atoms with Crippen LogP contribution in [0.4, 0.5) is 11.4 Å². The zero-order valence-electron chi connectivity index (χ0n) is 11.5. The molecule has 5 heteroatoms. The molecule has 3 heterocycles. The van der Waals surface area contributed by atoms with Gasteiger partial charge in [0.05, 0.1) is 0 Å². The van der Waals surface area contributed by atoms with Crippen LogP contribution in [0, 0.1) is 0 Å². The van der Waals surface area contributed by atoms with Gasteiger partial charge in [-0.25, -0.2) is 0 Å². The molecule has 0 aliphatic carbocycles. The topological polar surface area (TPSA) is 61.6 Å². The minimum atomic E-state index is -0.509. The van der Waals surface area contributed by atoms with E-state index in [-0.39, 0.29) is 5.91 Å². The maximum absolute atomic E-state index is 11.6. The van der Waals surface area contributed by atoms with Crippen molar-refractivity contribution in [2.45, 2.75) is 24.9 Å². The van der Waals surface area contributed by atoms with E-state index < -0.39 is 6.04 Å². The van der Waals surface area contributed by atoms with Gasteiger partial charge in [0.15, 0.2) is 0 Å². The third-order valence-corrected chi connectivity index (χ3v) is 4.86. The van der Waals surface area contributed by atoms with Crippen LogP contribution in [0.2, 0.25) is 0 Å². The minimum absolute atomic E-state index is 0.0993. The molecule has 0 saturated carbocycles. The van der Waals surface area contributed by atoms with Gasteiger partial charge in [-0.2, -0.15) is 0 Å². The fourth-order valence-electron chi connectivity index (χ4n) is 3.70. The molecule has 0 spiro atoms. The predicted octanol–water partition coefficient (Wildman–Crippen LogP) is 0.923. The van der Waals surface area contributed by atoms with Crippen LogP contribution in [0.5, 0.6) is 0 Å². The number of hydrogen-bond acceptors (Lipinski definition) is 4. The summed E-state index contributed by atoms with van der Waals surface area (Å²) >= 11 is 0. The number of nitrogens with two attached hydrogens (primary N) is 1. The van der Waals surface area contributed by atoms with Crippen LogP contribution >= 0.6 is 0 Å². The zero-order valence-corrected chi connectivity index (χ0v) is 11.5. The normalized spacial score (nSPS) is 29.2. The van der Waals surface area contributed by atoms with Crippen molar-refractivity contribution in [3.8, 4) is 0 Å². The Labute approximate surface area is 118 Å². The molecule has 1 aromatic carbocycles. The molecule has 1 aromatic rings. The Morgan fingerprint density at radius 2 is 2.15 bits per heavy atom. The molecule has 1 amide bonds. The Balaban J connectivity index is 1.58. The van der Waals surface area contributed by atoms with Gasteiger partial charge in [0.2, 0.25) is 5.91 Å². The highest BCUT2D eigenvalue weighted by atomic mass is 16.2. The second kappa shape index (κ2) is 4.46. The number of rotatable bonds is 1. The molecule has 20 heavy (non-hydrogen) atoms. The van der Waals surface area contributed by atoms with E-state index in [0.29, 0.717) is 6.04 Å². The second-order valence-electron chi connectivity index (χ2n) is 6.02. The number of carbonyl (C=O) groups is 1. The quantitative estimate of drug-likeness (QED) is 0.798. The highest BCUT2D eigenvalue weighted by Crippen LogP contribution is 2.34. The number of hydrogen-bond donors (Lipinski definition) is 2. The predicted molar refractivity (Wildman–Crippen MR) is 78.8 cm³/mol. The first-order chi connectivity index (χ1) is 9.72. The molecule has 2 saturated heterocycles. The van der Waals surface area contributed by atoms with E-state index in [1.807, 2.05) is 6.07 Å². The molecule has 0 bridgehead atoms. The Kier molecular flexibility index (Phi) is 2.72. The number of anilines is 2. The number of nitrogens with zero attached hydrogens (tertiary/aromatic N) is 2. The Morgan fingerprint density at radius 1 is 1.25 bits per heavy atom. The standard InChI is InChI=1S/C15H20N4O/c16-14-12-4-3-10(8-13(12)17-15(14)20)19-7-6-18-5-1-2-11(18)9-19/h3-4,8,11,14H,1-2,5-7,9,16H2,(H,17,20). The fraction of sp³-hybridized carbons (Fsp3) is 0.533. The summed E-state index contributed by atoms with van der Waals surface area (Å²) in [6, 6.07) is 6.36. The third kappa shape index (κ3) is 1.81. The van der Waals surface area contributed by atoms with Gasteiger partial charge in [-0.1, -0.05) is 6.07 Å². The van der Waals surface area contributed by atoms with Crippen LogP contribution in [-0.2, 0) is 4.79 Å². The first-order valence-electron chi connectivity index (χ1n) is 7.42. The van der Waals surface area contributed by atoms with E-state index in [0.717, 1.165) is 30.9 Å². The summed E-state index contributed by atoms with van der Waals surface area (Å²) in [7, 11) is 0. The van der Waals surface area contributed by atoms with Crippen LogP contribution in [0.3, 0.4) is 0 Å². The summed E-state index contributed by atoms with van der Waals surface area (Å²) in [5, 5.41) is 2.87. The molecule has 4 rings (SSSR count). The molecular formula is C15H20N4O. The van der Waals surface area contributed by atoms with Crippen LogP contribution in [0.25, 0.3) is 0 Å². The zero-order chi connectivity index (χ0) is 13.7. The molecule has 2 unspecified atom stereocenters. The molecule has 106 valence electrons. The van der Waals surface area contributed by atoms with E-state index in [1.54, 1.807) is 0 Å². The number of carbonyl (C=O) groups excluding carboxylic acids is 1. The van der Waals surface area contributed by atoms with Gasteiger partial charge in [-0.15, -0.1) is 0 Å². The fourth-order valence-corrected chi connectivity index (χ4v) is 3.70. The lowest BCUT2D eigenvalue weighted by molar-refractivity contribution is -0.116. The van der Waals surface area contributed by atoms with Gasteiger partial charge in [-0.05, 0) is 31.5 Å². The maximum atomic E-state index is 11.6. The lowest BCUT2D eigenvalue weighted by Crippen LogP contribution is -2.50. The summed E-state index contributed by atoms with van der Waals surface area (Å²) in [5.41, 5.74) is 8.85. The Bertz CT molecular complexity index is 559. The average Bonchev–Trinajstić information content (AvgIpc) is 3.03. The largest absolute Gasteiger partial charge is 0.369 e. The summed E-state index contributed by atoms with van der Waals surface area (Å²) < 4.78 is 0. The van der Waals surface area contributed by atoms with Crippen molar-refractivity contribution in [1.29, 1.82) is 0 Å². The van der Waals surface area contributed by atoms with Gasteiger partial charge < -0.3 is 16.0 Å². The third-order valence-electron chi connectivity index (χ3n) is 4.86. The number of fused-ring (bicyclic) bond motifs is 2. The van der Waals surface area contributed by atoms with Crippen LogP contribution in [-0.4, -0.2) is 43.0 Å². The smallest absolute Gasteiger partial charge is 0.245 e. The van der Waals surface area contributed by atoms with E-state index in [2.05, 4.69) is 27.2 Å². The molecule has 0 radical (unpaired) electrons. The van der Waals surface area contributed by atoms with Gasteiger partial charge in [0, 0.05) is 42.6 Å². The maximum Gasteiger partial charge on any atom is 0.245 e. The van der Waals surface area contributed by atoms with Crippen LogP contribution in [0.15, 0.2) is 18.2 Å². The lowest BCUT2D eigenvalue weighted by Gasteiger charge is -2.39. The molecule has 5 nitrogen and oxygen atoms in total. The Morgan fingerprint density at radius 3 is 3.05 bits per heavy atom. The summed E-state index contributed by atoms with van der Waals surface area (Å²) in [4.78, 5) is 16.6. The van der Waals surface area contributed by atoms with Crippen LogP contribution < -0.4 is 16.0 Å². The number of piperazine rings is 1.